The summed E-state index contributed by atoms with van der Waals surface area (Å²) in [5.74, 6) is 0.836. The third-order valence-electron chi connectivity index (χ3n) is 4.46. The predicted octanol–water partition coefficient (Wildman–Crippen LogP) is 1.82. The van der Waals surface area contributed by atoms with Crippen molar-refractivity contribution in [2.24, 2.45) is 5.92 Å². The number of hydrogen-bond acceptors (Lipinski definition) is 4. The second kappa shape index (κ2) is 6.46. The van der Waals surface area contributed by atoms with Crippen LogP contribution < -0.4 is 10.6 Å². The summed E-state index contributed by atoms with van der Waals surface area (Å²) in [5, 5.41) is 0. The van der Waals surface area contributed by atoms with Crippen molar-refractivity contribution >= 4 is 11.4 Å². The molecule has 2 aliphatic rings. The highest BCUT2D eigenvalue weighted by molar-refractivity contribution is 5.56. The topological polar surface area (TPSA) is 41.7 Å². The first-order valence-corrected chi connectivity index (χ1v) is 7.72. The molecule has 1 aromatic carbocycles. The lowest BCUT2D eigenvalue weighted by Crippen LogP contribution is -2.48. The lowest BCUT2D eigenvalue weighted by atomic mass is 9.99. The second-order valence-corrected chi connectivity index (χ2v) is 5.94. The van der Waals surface area contributed by atoms with Gasteiger partial charge in [-0.1, -0.05) is 6.07 Å². The number of benzene rings is 1. The van der Waals surface area contributed by atoms with E-state index in [1.165, 1.54) is 25.1 Å². The van der Waals surface area contributed by atoms with Gasteiger partial charge in [-0.05, 0) is 37.0 Å². The molecule has 0 unspecified atom stereocenters. The first-order chi connectivity index (χ1) is 9.81. The number of anilines is 2. The number of hydrogen-bond donors (Lipinski definition) is 1. The molecule has 0 amide bonds. The molecule has 4 nitrogen and oxygen atoms in total. The van der Waals surface area contributed by atoms with Gasteiger partial charge in [-0.3, -0.25) is 4.90 Å². The third kappa shape index (κ3) is 3.44. The molecule has 3 rings (SSSR count). The Morgan fingerprint density at radius 2 is 1.85 bits per heavy atom. The molecule has 2 fully saturated rings. The summed E-state index contributed by atoms with van der Waals surface area (Å²) >= 11 is 0. The average Bonchev–Trinajstić information content (AvgIpc) is 2.49. The minimum Gasteiger partial charge on any atom is -0.399 e. The Hall–Kier alpha value is -1.26. The van der Waals surface area contributed by atoms with E-state index < -0.39 is 0 Å². The highest BCUT2D eigenvalue weighted by Gasteiger charge is 2.21. The molecule has 110 valence electrons. The fraction of sp³-hybridized carbons (Fsp3) is 0.625. The van der Waals surface area contributed by atoms with Crippen molar-refractivity contribution in [3.63, 3.8) is 0 Å². The summed E-state index contributed by atoms with van der Waals surface area (Å²) in [6.07, 6.45) is 2.46. The van der Waals surface area contributed by atoms with Gasteiger partial charge in [0.25, 0.3) is 0 Å². The highest BCUT2D eigenvalue weighted by atomic mass is 16.5. The van der Waals surface area contributed by atoms with Crippen LogP contribution in [0.1, 0.15) is 12.8 Å². The van der Waals surface area contributed by atoms with Crippen molar-refractivity contribution in [2.45, 2.75) is 12.8 Å². The van der Waals surface area contributed by atoms with E-state index in [0.29, 0.717) is 0 Å². The number of rotatable bonds is 3. The second-order valence-electron chi connectivity index (χ2n) is 5.94. The molecule has 1 aromatic rings. The molecular formula is C16H25N3O. The van der Waals surface area contributed by atoms with Gasteiger partial charge in [0.05, 0.1) is 0 Å². The minimum absolute atomic E-state index is 0.836. The largest absolute Gasteiger partial charge is 0.399 e. The van der Waals surface area contributed by atoms with Gasteiger partial charge in [0.1, 0.15) is 0 Å². The zero-order chi connectivity index (χ0) is 13.8. The lowest BCUT2D eigenvalue weighted by Gasteiger charge is -2.38. The standard InChI is InChI=1S/C16H25N3O/c17-15-2-1-3-16(12-15)19-8-6-18(7-9-19)13-14-4-10-20-11-5-14/h1-3,12,14H,4-11,13,17H2. The maximum absolute atomic E-state index is 5.87. The van der Waals surface area contributed by atoms with Crippen LogP contribution in [0.4, 0.5) is 11.4 Å². The van der Waals surface area contributed by atoms with Gasteiger partial charge in [0.15, 0.2) is 0 Å². The van der Waals surface area contributed by atoms with Crippen LogP contribution >= 0.6 is 0 Å². The van der Waals surface area contributed by atoms with E-state index in [1.54, 1.807) is 0 Å². The van der Waals surface area contributed by atoms with E-state index in [1.807, 2.05) is 12.1 Å². The van der Waals surface area contributed by atoms with Gasteiger partial charge in [-0.2, -0.15) is 0 Å². The Kier molecular flexibility index (Phi) is 4.43. The quantitative estimate of drug-likeness (QED) is 0.854. The molecule has 4 heteroatoms. The molecule has 0 aromatic heterocycles. The van der Waals surface area contributed by atoms with Crippen LogP contribution in [-0.4, -0.2) is 50.8 Å². The Morgan fingerprint density at radius 1 is 1.10 bits per heavy atom. The molecule has 0 atom stereocenters. The Balaban J connectivity index is 1.49. The molecular weight excluding hydrogens is 250 g/mol. The van der Waals surface area contributed by atoms with Crippen LogP contribution in [0.5, 0.6) is 0 Å². The van der Waals surface area contributed by atoms with Gasteiger partial charge in [-0.15, -0.1) is 0 Å². The summed E-state index contributed by atoms with van der Waals surface area (Å²) in [6.45, 7) is 7.67. The van der Waals surface area contributed by atoms with E-state index in [0.717, 1.165) is 51.0 Å². The highest BCUT2D eigenvalue weighted by Crippen LogP contribution is 2.21. The van der Waals surface area contributed by atoms with Crippen molar-refractivity contribution < 1.29 is 4.74 Å². The maximum Gasteiger partial charge on any atom is 0.0469 e. The fourth-order valence-corrected chi connectivity index (χ4v) is 3.20. The molecule has 2 saturated heterocycles. The average molecular weight is 275 g/mol. The van der Waals surface area contributed by atoms with Crippen molar-refractivity contribution in [1.29, 1.82) is 0 Å². The summed E-state index contributed by atoms with van der Waals surface area (Å²) in [7, 11) is 0. The number of ether oxygens (including phenoxy) is 1. The Morgan fingerprint density at radius 3 is 2.55 bits per heavy atom. The molecule has 20 heavy (non-hydrogen) atoms. The van der Waals surface area contributed by atoms with Crippen LogP contribution in [-0.2, 0) is 4.74 Å². The summed E-state index contributed by atoms with van der Waals surface area (Å²) < 4.78 is 5.44. The molecule has 0 saturated carbocycles. The number of nitrogen functional groups attached to an aromatic ring is 1. The van der Waals surface area contributed by atoms with E-state index in [2.05, 4.69) is 21.9 Å². The molecule has 2 N–H and O–H groups in total. The Bertz CT molecular complexity index is 423. The van der Waals surface area contributed by atoms with Gasteiger partial charge in [0.2, 0.25) is 0 Å². The van der Waals surface area contributed by atoms with Crippen molar-refractivity contribution in [3.8, 4) is 0 Å². The first kappa shape index (κ1) is 13.7. The summed E-state index contributed by atoms with van der Waals surface area (Å²) in [5.41, 5.74) is 7.98. The lowest BCUT2D eigenvalue weighted by molar-refractivity contribution is 0.0517. The normalized spacial score (nSPS) is 22.1. The predicted molar refractivity (Wildman–Crippen MR) is 83.1 cm³/mol. The molecule has 2 heterocycles. The van der Waals surface area contributed by atoms with Crippen LogP contribution in [0.15, 0.2) is 24.3 Å². The van der Waals surface area contributed by atoms with Gasteiger partial charge in [0, 0.05) is 57.3 Å². The first-order valence-electron chi connectivity index (χ1n) is 7.72. The number of nitrogens with zero attached hydrogens (tertiary/aromatic N) is 2. The SMILES string of the molecule is Nc1cccc(N2CCN(CC3CCOCC3)CC2)c1. The van der Waals surface area contributed by atoms with Crippen molar-refractivity contribution in [1.82, 2.24) is 4.90 Å². The van der Waals surface area contributed by atoms with E-state index in [4.69, 9.17) is 10.5 Å². The Labute approximate surface area is 121 Å². The fourth-order valence-electron chi connectivity index (χ4n) is 3.20. The molecule has 0 radical (unpaired) electrons. The minimum atomic E-state index is 0.836. The van der Waals surface area contributed by atoms with Crippen LogP contribution in [0.25, 0.3) is 0 Å². The monoisotopic (exact) mass is 275 g/mol. The van der Waals surface area contributed by atoms with E-state index in [-0.39, 0.29) is 0 Å². The van der Waals surface area contributed by atoms with Gasteiger partial charge >= 0.3 is 0 Å². The number of nitrogens with two attached hydrogens (primary N) is 1. The maximum atomic E-state index is 5.87. The van der Waals surface area contributed by atoms with Crippen molar-refractivity contribution in [2.75, 3.05) is 56.6 Å². The third-order valence-corrected chi connectivity index (χ3v) is 4.46. The van der Waals surface area contributed by atoms with Crippen LogP contribution in [0, 0.1) is 5.92 Å². The molecule has 0 bridgehead atoms. The molecule has 2 aliphatic heterocycles. The van der Waals surface area contributed by atoms with Crippen molar-refractivity contribution in [3.05, 3.63) is 24.3 Å². The van der Waals surface area contributed by atoms with Crippen LogP contribution in [0.2, 0.25) is 0 Å². The van der Waals surface area contributed by atoms with E-state index in [9.17, 15) is 0 Å². The molecule has 0 spiro atoms. The smallest absolute Gasteiger partial charge is 0.0469 e. The van der Waals surface area contributed by atoms with Crippen LogP contribution in [0.3, 0.4) is 0 Å². The zero-order valence-electron chi connectivity index (χ0n) is 12.1. The summed E-state index contributed by atoms with van der Waals surface area (Å²) in [6, 6.07) is 8.22. The summed E-state index contributed by atoms with van der Waals surface area (Å²) in [4.78, 5) is 5.05. The van der Waals surface area contributed by atoms with Gasteiger partial charge < -0.3 is 15.4 Å². The zero-order valence-corrected chi connectivity index (χ0v) is 12.1. The molecule has 0 aliphatic carbocycles. The van der Waals surface area contributed by atoms with E-state index >= 15 is 0 Å². The number of piperazine rings is 1. The van der Waals surface area contributed by atoms with Gasteiger partial charge in [-0.25, -0.2) is 0 Å².